The topological polar surface area (TPSA) is 72.9 Å². The molecule has 7 heteroatoms. The molecule has 1 N–H and O–H groups in total. The number of aromatic nitrogens is 1. The van der Waals surface area contributed by atoms with Crippen molar-refractivity contribution >= 4 is 23.2 Å². The fourth-order valence-corrected chi connectivity index (χ4v) is 5.26. The Morgan fingerprint density at radius 3 is 2.68 bits per heavy atom. The number of rotatable bonds is 11. The standard InChI is InChI=1S/C27H39N3O4/c1-18(2)16-28-26-20-15-27(3,4)25(34-17-31)24(20)19-13-22(32-5)23(14-21(19)29-26)33-12-8-11-30-9-6-7-10-30/h13-14,17-18,25H,6-12,15-16H2,1-5H3,(H,28,29). The second kappa shape index (κ2) is 10.4. The number of nitrogens with one attached hydrogen (secondary N) is 1. The van der Waals surface area contributed by atoms with Crippen molar-refractivity contribution in [2.75, 3.05) is 45.2 Å². The second-order valence-electron chi connectivity index (χ2n) is 10.7. The molecule has 1 aromatic heterocycles. The molecule has 34 heavy (non-hydrogen) atoms. The van der Waals surface area contributed by atoms with Gasteiger partial charge in [-0.05, 0) is 50.8 Å². The maximum Gasteiger partial charge on any atom is 0.293 e. The number of pyridine rings is 1. The average Bonchev–Trinajstić information content (AvgIpc) is 3.41. The zero-order valence-electron chi connectivity index (χ0n) is 21.3. The predicted octanol–water partition coefficient (Wildman–Crippen LogP) is 4.97. The van der Waals surface area contributed by atoms with E-state index in [-0.39, 0.29) is 11.5 Å². The van der Waals surface area contributed by atoms with Gasteiger partial charge in [0.15, 0.2) is 11.5 Å². The molecule has 0 saturated carbocycles. The highest BCUT2D eigenvalue weighted by molar-refractivity contribution is 5.90. The Hall–Kier alpha value is -2.54. The Morgan fingerprint density at radius 2 is 2.00 bits per heavy atom. The zero-order chi connectivity index (χ0) is 24.3. The largest absolute Gasteiger partial charge is 0.493 e. The van der Waals surface area contributed by atoms with Crippen LogP contribution in [0, 0.1) is 11.3 Å². The summed E-state index contributed by atoms with van der Waals surface area (Å²) >= 11 is 0. The Morgan fingerprint density at radius 1 is 1.24 bits per heavy atom. The Kier molecular flexibility index (Phi) is 7.51. The van der Waals surface area contributed by atoms with E-state index >= 15 is 0 Å². The van der Waals surface area contributed by atoms with E-state index in [1.807, 2.05) is 12.1 Å². The summed E-state index contributed by atoms with van der Waals surface area (Å²) in [6, 6.07) is 3.96. The molecule has 2 aliphatic rings. The lowest BCUT2D eigenvalue weighted by molar-refractivity contribution is -0.138. The van der Waals surface area contributed by atoms with Gasteiger partial charge in [-0.1, -0.05) is 27.7 Å². The molecule has 4 rings (SSSR count). The molecule has 2 heterocycles. The van der Waals surface area contributed by atoms with Crippen LogP contribution in [-0.4, -0.2) is 56.3 Å². The number of anilines is 1. The molecule has 1 unspecified atom stereocenters. The molecular formula is C27H39N3O4. The number of ether oxygens (including phenoxy) is 3. The van der Waals surface area contributed by atoms with Crippen LogP contribution >= 0.6 is 0 Å². The molecular weight excluding hydrogens is 430 g/mol. The van der Waals surface area contributed by atoms with Crippen LogP contribution in [0.4, 0.5) is 5.82 Å². The van der Waals surface area contributed by atoms with Crippen LogP contribution in [0.1, 0.15) is 64.2 Å². The molecule has 1 aliphatic heterocycles. The van der Waals surface area contributed by atoms with Gasteiger partial charge < -0.3 is 24.4 Å². The van der Waals surface area contributed by atoms with Gasteiger partial charge in [0.2, 0.25) is 0 Å². The normalized spacial score (nSPS) is 19.4. The molecule has 0 amide bonds. The van der Waals surface area contributed by atoms with Crippen LogP contribution in [-0.2, 0) is 16.0 Å². The summed E-state index contributed by atoms with van der Waals surface area (Å²) < 4.78 is 17.5. The summed E-state index contributed by atoms with van der Waals surface area (Å²) in [5.41, 5.74) is 2.72. The number of carbonyl (C=O) groups excluding carboxylic acids is 1. The van der Waals surface area contributed by atoms with Crippen molar-refractivity contribution < 1.29 is 19.0 Å². The van der Waals surface area contributed by atoms with Gasteiger partial charge in [-0.3, -0.25) is 4.79 Å². The molecule has 1 aliphatic carbocycles. The summed E-state index contributed by atoms with van der Waals surface area (Å²) in [5.74, 6) is 2.72. The molecule has 186 valence electrons. The first-order valence-electron chi connectivity index (χ1n) is 12.6. The van der Waals surface area contributed by atoms with Crippen molar-refractivity contribution in [2.24, 2.45) is 11.3 Å². The highest BCUT2D eigenvalue weighted by Crippen LogP contribution is 2.52. The van der Waals surface area contributed by atoms with E-state index in [4.69, 9.17) is 19.2 Å². The molecule has 1 fully saturated rings. The highest BCUT2D eigenvalue weighted by Gasteiger charge is 2.44. The van der Waals surface area contributed by atoms with Crippen molar-refractivity contribution in [1.82, 2.24) is 9.88 Å². The van der Waals surface area contributed by atoms with Crippen LogP contribution < -0.4 is 14.8 Å². The average molecular weight is 470 g/mol. The lowest BCUT2D eigenvalue weighted by Gasteiger charge is -2.26. The SMILES string of the molecule is COc1cc2c3c(c(NCC(C)C)nc2cc1OCCCN1CCCC1)CC(C)(C)C3OC=O. The van der Waals surface area contributed by atoms with E-state index in [9.17, 15) is 4.79 Å². The second-order valence-corrected chi connectivity index (χ2v) is 10.7. The maximum atomic E-state index is 11.4. The number of benzene rings is 1. The fourth-order valence-electron chi connectivity index (χ4n) is 5.26. The van der Waals surface area contributed by atoms with E-state index in [0.29, 0.717) is 30.5 Å². The van der Waals surface area contributed by atoms with Gasteiger partial charge >= 0.3 is 0 Å². The predicted molar refractivity (Wildman–Crippen MR) is 135 cm³/mol. The van der Waals surface area contributed by atoms with E-state index < -0.39 is 0 Å². The van der Waals surface area contributed by atoms with Gasteiger partial charge in [0, 0.05) is 41.1 Å². The van der Waals surface area contributed by atoms with Gasteiger partial charge in [0.05, 0.1) is 19.2 Å². The minimum Gasteiger partial charge on any atom is -0.493 e. The van der Waals surface area contributed by atoms with E-state index in [2.05, 4.69) is 37.9 Å². The number of nitrogens with zero attached hydrogens (tertiary/aromatic N) is 2. The van der Waals surface area contributed by atoms with Crippen LogP contribution in [0.25, 0.3) is 10.9 Å². The minimum absolute atomic E-state index is 0.231. The van der Waals surface area contributed by atoms with Crippen molar-refractivity contribution in [3.63, 3.8) is 0 Å². The number of fused-ring (bicyclic) bond motifs is 3. The molecule has 0 spiro atoms. The number of hydrogen-bond acceptors (Lipinski definition) is 7. The van der Waals surface area contributed by atoms with Gasteiger partial charge in [-0.25, -0.2) is 4.98 Å². The van der Waals surface area contributed by atoms with E-state index in [1.54, 1.807) is 7.11 Å². The third-order valence-electron chi connectivity index (χ3n) is 6.96. The monoisotopic (exact) mass is 469 g/mol. The number of hydrogen-bond donors (Lipinski definition) is 1. The van der Waals surface area contributed by atoms with Crippen molar-refractivity contribution in [1.29, 1.82) is 0 Å². The molecule has 0 bridgehead atoms. The quantitative estimate of drug-likeness (QED) is 0.368. The van der Waals surface area contributed by atoms with Gasteiger partial charge in [-0.15, -0.1) is 0 Å². The Balaban J connectivity index is 1.69. The third kappa shape index (κ3) is 5.09. The van der Waals surface area contributed by atoms with E-state index in [0.717, 1.165) is 53.8 Å². The lowest BCUT2D eigenvalue weighted by Crippen LogP contribution is -2.22. The molecule has 2 aromatic rings. The van der Waals surface area contributed by atoms with E-state index in [1.165, 1.54) is 25.9 Å². The van der Waals surface area contributed by atoms with Gasteiger partial charge in [-0.2, -0.15) is 0 Å². The number of carbonyl (C=O) groups is 1. The fraction of sp³-hybridized carbons (Fsp3) is 0.630. The Labute approximate surface area is 203 Å². The van der Waals surface area contributed by atoms with Crippen LogP contribution in [0.3, 0.4) is 0 Å². The number of likely N-dealkylation sites (tertiary alicyclic amines) is 1. The molecule has 1 aromatic carbocycles. The van der Waals surface area contributed by atoms with Crippen molar-refractivity contribution in [3.05, 3.63) is 23.3 Å². The smallest absolute Gasteiger partial charge is 0.293 e. The minimum atomic E-state index is -0.345. The summed E-state index contributed by atoms with van der Waals surface area (Å²) in [6.45, 7) is 14.1. The highest BCUT2D eigenvalue weighted by atomic mass is 16.5. The molecule has 1 saturated heterocycles. The molecule has 0 radical (unpaired) electrons. The summed E-state index contributed by atoms with van der Waals surface area (Å²) in [7, 11) is 1.66. The van der Waals surface area contributed by atoms with Crippen molar-refractivity contribution in [3.8, 4) is 11.5 Å². The first kappa shape index (κ1) is 24.6. The Bertz CT molecular complexity index is 1010. The molecule has 1 atom stereocenters. The first-order valence-corrected chi connectivity index (χ1v) is 12.6. The summed E-state index contributed by atoms with van der Waals surface area (Å²) in [6.07, 6.45) is 4.01. The van der Waals surface area contributed by atoms with Crippen molar-refractivity contribution in [2.45, 2.75) is 59.5 Å². The maximum absolute atomic E-state index is 11.4. The van der Waals surface area contributed by atoms with Crippen LogP contribution in [0.5, 0.6) is 11.5 Å². The number of methoxy groups -OCH3 is 1. The third-order valence-corrected chi connectivity index (χ3v) is 6.96. The molecule has 7 nitrogen and oxygen atoms in total. The first-order chi connectivity index (χ1) is 16.3. The summed E-state index contributed by atoms with van der Waals surface area (Å²) in [4.78, 5) is 18.9. The zero-order valence-corrected chi connectivity index (χ0v) is 21.3. The van der Waals surface area contributed by atoms with Gasteiger partial charge in [0.1, 0.15) is 11.9 Å². The van der Waals surface area contributed by atoms with Crippen LogP contribution in [0.15, 0.2) is 12.1 Å². The lowest BCUT2D eigenvalue weighted by atomic mass is 9.87. The van der Waals surface area contributed by atoms with Crippen LogP contribution in [0.2, 0.25) is 0 Å². The summed E-state index contributed by atoms with van der Waals surface area (Å²) in [5, 5.41) is 4.48. The van der Waals surface area contributed by atoms with Gasteiger partial charge in [0.25, 0.3) is 6.47 Å².